The fraction of sp³-hybridized carbons (Fsp3) is 0.118. The van der Waals surface area contributed by atoms with Crippen LogP contribution in [0.5, 0.6) is 0 Å². The molecule has 0 aliphatic heterocycles. The fourth-order valence-corrected chi connectivity index (χ4v) is 3.07. The largest absolute Gasteiger partial charge is 0.237 e. The third-order valence-corrected chi connectivity index (χ3v) is 4.25. The first-order valence-corrected chi connectivity index (χ1v) is 7.75. The van der Waals surface area contributed by atoms with Crippen LogP contribution in [0.1, 0.15) is 12.6 Å². The van der Waals surface area contributed by atoms with Crippen molar-refractivity contribution in [2.24, 2.45) is 0 Å². The van der Waals surface area contributed by atoms with E-state index < -0.39 is 11.6 Å². The number of halogens is 3. The molecule has 0 N–H and O–H groups in total. The number of aromatic nitrogens is 4. The van der Waals surface area contributed by atoms with Gasteiger partial charge in [0.25, 0.3) is 0 Å². The van der Waals surface area contributed by atoms with Crippen LogP contribution in [0.3, 0.4) is 0 Å². The Bertz CT molecular complexity index is 1080. The van der Waals surface area contributed by atoms with Gasteiger partial charge >= 0.3 is 0 Å². The number of pyridine rings is 2. The van der Waals surface area contributed by atoms with Crippen molar-refractivity contribution in [2.75, 3.05) is 0 Å². The van der Waals surface area contributed by atoms with Gasteiger partial charge in [-0.15, -0.1) is 0 Å². The number of nitrogens with zero attached hydrogens (tertiary/aromatic N) is 4. The van der Waals surface area contributed by atoms with Crippen molar-refractivity contribution < 1.29 is 8.78 Å². The van der Waals surface area contributed by atoms with E-state index >= 15 is 0 Å². The summed E-state index contributed by atoms with van der Waals surface area (Å²) in [6.45, 7) is 1.94. The van der Waals surface area contributed by atoms with Crippen LogP contribution in [-0.2, 0) is 6.42 Å². The summed E-state index contributed by atoms with van der Waals surface area (Å²) in [6, 6.07) is 7.52. The highest BCUT2D eigenvalue weighted by Crippen LogP contribution is 2.34. The molecule has 0 aliphatic carbocycles. The van der Waals surface area contributed by atoms with E-state index in [4.69, 9.17) is 11.6 Å². The highest BCUT2D eigenvalue weighted by atomic mass is 35.5. The lowest BCUT2D eigenvalue weighted by molar-refractivity contribution is 0.510. The van der Waals surface area contributed by atoms with Crippen molar-refractivity contribution in [3.05, 3.63) is 58.9 Å². The maximum absolute atomic E-state index is 13.6. The molecule has 0 amide bonds. The van der Waals surface area contributed by atoms with Crippen LogP contribution >= 0.6 is 11.6 Å². The zero-order valence-corrected chi connectivity index (χ0v) is 13.3. The van der Waals surface area contributed by atoms with Crippen LogP contribution in [0.25, 0.3) is 27.8 Å². The van der Waals surface area contributed by atoms with Gasteiger partial charge in [0.05, 0.1) is 21.6 Å². The van der Waals surface area contributed by atoms with Crippen molar-refractivity contribution in [1.29, 1.82) is 0 Å². The molecule has 1 aromatic carbocycles. The number of fused-ring (bicyclic) bond motifs is 2. The highest BCUT2D eigenvalue weighted by Gasteiger charge is 2.19. The molecular weight excluding hydrogens is 334 g/mol. The first-order chi connectivity index (χ1) is 11.6. The van der Waals surface area contributed by atoms with Gasteiger partial charge in [0, 0.05) is 17.6 Å². The molecule has 0 saturated carbocycles. The number of hydrogen-bond donors (Lipinski definition) is 0. The molecule has 0 unspecified atom stereocenters. The lowest BCUT2D eigenvalue weighted by Crippen LogP contribution is -2.00. The Hall–Kier alpha value is -2.60. The van der Waals surface area contributed by atoms with Crippen LogP contribution in [0.15, 0.2) is 36.5 Å². The van der Waals surface area contributed by atoms with Crippen LogP contribution in [0.2, 0.25) is 5.02 Å². The molecule has 0 spiro atoms. The van der Waals surface area contributed by atoms with Crippen LogP contribution in [-0.4, -0.2) is 19.7 Å². The average molecular weight is 345 g/mol. The predicted molar refractivity (Wildman–Crippen MR) is 88.5 cm³/mol. The lowest BCUT2D eigenvalue weighted by Gasteiger charge is -2.05. The molecule has 3 aromatic heterocycles. The maximum atomic E-state index is 13.6. The minimum absolute atomic E-state index is 0.270. The van der Waals surface area contributed by atoms with Gasteiger partial charge in [0.1, 0.15) is 0 Å². The molecule has 4 rings (SSSR count). The lowest BCUT2D eigenvalue weighted by atomic mass is 10.1. The van der Waals surface area contributed by atoms with Gasteiger partial charge in [-0.25, -0.2) is 18.7 Å². The number of rotatable bonds is 2. The second-order valence-electron chi connectivity index (χ2n) is 5.31. The summed E-state index contributed by atoms with van der Waals surface area (Å²) in [5.41, 5.74) is 1.46. The van der Waals surface area contributed by atoms with Crippen molar-refractivity contribution in [3.63, 3.8) is 0 Å². The molecule has 0 saturated heterocycles. The molecule has 24 heavy (non-hydrogen) atoms. The minimum atomic E-state index is -0.968. The molecule has 120 valence electrons. The van der Waals surface area contributed by atoms with Gasteiger partial charge in [0.2, 0.25) is 0 Å². The van der Waals surface area contributed by atoms with Crippen molar-refractivity contribution >= 4 is 33.5 Å². The number of aryl methyl sites for hydroxylation is 1. The summed E-state index contributed by atoms with van der Waals surface area (Å²) >= 11 is 6.48. The van der Waals surface area contributed by atoms with E-state index in [1.54, 1.807) is 23.0 Å². The number of benzene rings is 1. The van der Waals surface area contributed by atoms with Gasteiger partial charge in [-0.2, -0.15) is 9.78 Å². The first kappa shape index (κ1) is 15.0. The monoisotopic (exact) mass is 344 g/mol. The molecule has 4 nitrogen and oxygen atoms in total. The van der Waals surface area contributed by atoms with Crippen LogP contribution in [0, 0.1) is 11.6 Å². The van der Waals surface area contributed by atoms with E-state index in [0.717, 1.165) is 17.8 Å². The minimum Gasteiger partial charge on any atom is -0.237 e. The van der Waals surface area contributed by atoms with Gasteiger partial charge < -0.3 is 0 Å². The van der Waals surface area contributed by atoms with Crippen LogP contribution < -0.4 is 0 Å². The molecule has 3 heterocycles. The summed E-state index contributed by atoms with van der Waals surface area (Å²) in [6.07, 6.45) is 2.26. The molecule has 4 aromatic rings. The normalized spacial score (nSPS) is 11.5. The molecule has 0 atom stereocenters. The van der Waals surface area contributed by atoms with E-state index in [9.17, 15) is 8.78 Å². The van der Waals surface area contributed by atoms with E-state index in [2.05, 4.69) is 15.1 Å². The van der Waals surface area contributed by atoms with Gasteiger partial charge in [-0.05, 0) is 24.6 Å². The second-order valence-corrected chi connectivity index (χ2v) is 5.69. The Morgan fingerprint density at radius 1 is 1.17 bits per heavy atom. The summed E-state index contributed by atoms with van der Waals surface area (Å²) in [4.78, 5) is 8.73. The Morgan fingerprint density at radius 3 is 2.67 bits per heavy atom. The van der Waals surface area contributed by atoms with Crippen LogP contribution in [0.4, 0.5) is 8.78 Å². The topological polar surface area (TPSA) is 43.6 Å². The summed E-state index contributed by atoms with van der Waals surface area (Å²) in [5, 5.41) is 5.83. The molecule has 0 bridgehead atoms. The quantitative estimate of drug-likeness (QED) is 0.539. The summed E-state index contributed by atoms with van der Waals surface area (Å²) in [5.74, 6) is -1.35. The Balaban J connectivity index is 2.15. The molecule has 0 aliphatic rings. The Labute approximate surface area is 140 Å². The van der Waals surface area contributed by atoms with Gasteiger partial charge in [0.15, 0.2) is 23.1 Å². The molecular formula is C17H11ClF2N4. The molecule has 0 radical (unpaired) electrons. The fourth-order valence-electron chi connectivity index (χ4n) is 2.72. The summed E-state index contributed by atoms with van der Waals surface area (Å²) < 4.78 is 28.7. The smallest absolute Gasteiger partial charge is 0.167 e. The van der Waals surface area contributed by atoms with Gasteiger partial charge in [-0.3, -0.25) is 0 Å². The molecule has 7 heteroatoms. The zero-order chi connectivity index (χ0) is 16.8. The van der Waals surface area contributed by atoms with E-state index in [-0.39, 0.29) is 5.52 Å². The third kappa shape index (κ3) is 2.14. The first-order valence-electron chi connectivity index (χ1n) is 7.37. The third-order valence-electron chi connectivity index (χ3n) is 3.86. The number of hydrogen-bond acceptors (Lipinski definition) is 3. The zero-order valence-electron chi connectivity index (χ0n) is 12.6. The van der Waals surface area contributed by atoms with E-state index in [1.165, 1.54) is 0 Å². The maximum Gasteiger partial charge on any atom is 0.167 e. The Kier molecular flexibility index (Phi) is 3.42. The average Bonchev–Trinajstić information content (AvgIpc) is 2.96. The highest BCUT2D eigenvalue weighted by molar-refractivity contribution is 6.40. The molecule has 0 fully saturated rings. The van der Waals surface area contributed by atoms with Crippen molar-refractivity contribution in [1.82, 2.24) is 19.7 Å². The van der Waals surface area contributed by atoms with E-state index in [0.29, 0.717) is 33.7 Å². The Morgan fingerprint density at radius 2 is 1.96 bits per heavy atom. The summed E-state index contributed by atoms with van der Waals surface area (Å²) in [7, 11) is 0. The van der Waals surface area contributed by atoms with E-state index in [1.807, 2.05) is 13.0 Å². The predicted octanol–water partition coefficient (Wildman–Crippen LogP) is 4.46. The standard InChI is InChI=1S/C17H11ClF2N4/c1-2-12-15-16(18)9-7-10(19)11(20)8-13(9)22-17(15)24(23-12)14-5-3-4-6-21-14/h3-8H,2H2,1H3. The van der Waals surface area contributed by atoms with Crippen molar-refractivity contribution in [3.8, 4) is 5.82 Å². The SMILES string of the molecule is CCc1nn(-c2ccccn2)c2nc3cc(F)c(F)cc3c(Cl)c12. The second kappa shape index (κ2) is 5.49. The van der Waals surface area contributed by atoms with Crippen molar-refractivity contribution in [2.45, 2.75) is 13.3 Å². The van der Waals surface area contributed by atoms with Gasteiger partial charge in [-0.1, -0.05) is 24.6 Å².